The summed E-state index contributed by atoms with van der Waals surface area (Å²) in [5.74, 6) is 1.30. The molecule has 4 heterocycles. The van der Waals surface area contributed by atoms with Gasteiger partial charge in [0.15, 0.2) is 5.13 Å². The molecule has 3 aromatic heterocycles. The summed E-state index contributed by atoms with van der Waals surface area (Å²) in [5.41, 5.74) is 1.30. The molecule has 0 unspecified atom stereocenters. The predicted molar refractivity (Wildman–Crippen MR) is 148 cm³/mol. The van der Waals surface area contributed by atoms with Crippen molar-refractivity contribution in [2.24, 2.45) is 0 Å². The second-order valence-corrected chi connectivity index (χ2v) is 11.7. The van der Waals surface area contributed by atoms with E-state index in [4.69, 9.17) is 19.4 Å². The highest BCUT2D eigenvalue weighted by atomic mass is 32.1. The smallest absolute Gasteiger partial charge is 0.407 e. The number of hydrogen-bond donors (Lipinski definition) is 3. The number of morpholine rings is 1. The molecule has 1 amide bonds. The van der Waals surface area contributed by atoms with E-state index < -0.39 is 5.60 Å². The van der Waals surface area contributed by atoms with Gasteiger partial charge in [-0.2, -0.15) is 4.98 Å². The Kier molecular flexibility index (Phi) is 8.20. The molecular weight excluding hydrogens is 504 g/mol. The Morgan fingerprint density at radius 1 is 1.13 bits per heavy atom. The molecule has 0 atom stereocenters. The third kappa shape index (κ3) is 7.49. The highest BCUT2D eigenvalue weighted by Crippen LogP contribution is 2.27. The Morgan fingerprint density at radius 3 is 2.63 bits per heavy atom. The fourth-order valence-electron chi connectivity index (χ4n) is 4.67. The summed E-state index contributed by atoms with van der Waals surface area (Å²) >= 11 is 1.50. The molecule has 1 saturated carbocycles. The van der Waals surface area contributed by atoms with E-state index in [1.54, 1.807) is 6.20 Å². The molecule has 3 aromatic rings. The number of fused-ring (bicyclic) bond motifs is 1. The van der Waals surface area contributed by atoms with Gasteiger partial charge in [-0.25, -0.2) is 19.7 Å². The minimum atomic E-state index is -0.500. The molecule has 204 valence electrons. The van der Waals surface area contributed by atoms with E-state index in [0.29, 0.717) is 11.8 Å². The second kappa shape index (κ2) is 11.7. The highest BCUT2D eigenvalue weighted by Gasteiger charge is 2.25. The lowest BCUT2D eigenvalue weighted by atomic mass is 9.91. The number of thiazole rings is 1. The molecule has 1 aliphatic carbocycles. The largest absolute Gasteiger partial charge is 0.444 e. The zero-order valence-corrected chi connectivity index (χ0v) is 23.0. The first-order valence-electron chi connectivity index (χ1n) is 13.2. The summed E-state index contributed by atoms with van der Waals surface area (Å²) in [4.78, 5) is 34.0. The second-order valence-electron chi connectivity index (χ2n) is 10.8. The number of rotatable bonds is 7. The van der Waals surface area contributed by atoms with Gasteiger partial charge in [0.05, 0.1) is 18.9 Å². The summed E-state index contributed by atoms with van der Waals surface area (Å²) < 4.78 is 10.9. The number of anilines is 3. The Bertz CT molecular complexity index is 1200. The van der Waals surface area contributed by atoms with Gasteiger partial charge in [0.1, 0.15) is 21.8 Å². The third-order valence-corrected chi connectivity index (χ3v) is 7.35. The number of nitrogens with zero attached hydrogens (tertiary/aromatic N) is 5. The van der Waals surface area contributed by atoms with E-state index >= 15 is 0 Å². The van der Waals surface area contributed by atoms with E-state index in [9.17, 15) is 4.79 Å². The van der Waals surface area contributed by atoms with Crippen LogP contribution in [0.15, 0.2) is 24.4 Å². The molecule has 38 heavy (non-hydrogen) atoms. The van der Waals surface area contributed by atoms with E-state index in [-0.39, 0.29) is 18.2 Å². The minimum absolute atomic E-state index is 0.112. The molecule has 2 aliphatic rings. The van der Waals surface area contributed by atoms with Crippen LogP contribution in [0.1, 0.15) is 52.1 Å². The molecule has 5 rings (SSSR count). The quantitative estimate of drug-likeness (QED) is 0.399. The van der Waals surface area contributed by atoms with Crippen LogP contribution < -0.4 is 16.0 Å². The number of carbonyl (C=O) groups excluding carboxylic acids is 1. The normalized spacial score (nSPS) is 20.7. The zero-order valence-electron chi connectivity index (χ0n) is 22.2. The number of nitrogens with one attached hydrogen (secondary N) is 3. The molecule has 1 saturated heterocycles. The average Bonchev–Trinajstić information content (AvgIpc) is 3.27. The zero-order chi connectivity index (χ0) is 26.5. The van der Waals surface area contributed by atoms with Crippen LogP contribution >= 0.6 is 11.3 Å². The Hall–Kier alpha value is -3.09. The van der Waals surface area contributed by atoms with Gasteiger partial charge in [0.25, 0.3) is 0 Å². The summed E-state index contributed by atoms with van der Waals surface area (Å²) in [6, 6.07) is 6.17. The number of amides is 1. The Labute approximate surface area is 226 Å². The van der Waals surface area contributed by atoms with Crippen LogP contribution in [-0.4, -0.2) is 74.9 Å². The van der Waals surface area contributed by atoms with Crippen molar-refractivity contribution in [2.75, 3.05) is 36.9 Å². The number of aromatic nitrogens is 4. The summed E-state index contributed by atoms with van der Waals surface area (Å²) in [6.45, 7) is 9.58. The van der Waals surface area contributed by atoms with Crippen LogP contribution in [0.3, 0.4) is 0 Å². The predicted octanol–water partition coefficient (Wildman–Crippen LogP) is 4.30. The molecule has 11 nitrogen and oxygen atoms in total. The Balaban J connectivity index is 1.25. The first kappa shape index (κ1) is 26.5. The van der Waals surface area contributed by atoms with Gasteiger partial charge >= 0.3 is 6.09 Å². The van der Waals surface area contributed by atoms with Gasteiger partial charge in [-0.3, -0.25) is 4.90 Å². The van der Waals surface area contributed by atoms with Gasteiger partial charge in [0, 0.05) is 44.0 Å². The van der Waals surface area contributed by atoms with Gasteiger partial charge in [-0.1, -0.05) is 11.3 Å². The summed E-state index contributed by atoms with van der Waals surface area (Å²) in [7, 11) is 0. The fourth-order valence-corrected chi connectivity index (χ4v) is 5.48. The lowest BCUT2D eigenvalue weighted by Crippen LogP contribution is -2.42. The molecule has 1 aliphatic heterocycles. The van der Waals surface area contributed by atoms with E-state index in [0.717, 1.165) is 79.7 Å². The lowest BCUT2D eigenvalue weighted by molar-refractivity contribution is 0.0336. The molecule has 0 aromatic carbocycles. The van der Waals surface area contributed by atoms with Crippen LogP contribution in [0.25, 0.3) is 10.3 Å². The number of pyridine rings is 1. The maximum Gasteiger partial charge on any atom is 0.407 e. The van der Waals surface area contributed by atoms with Crippen molar-refractivity contribution in [2.45, 2.75) is 70.7 Å². The van der Waals surface area contributed by atoms with Crippen LogP contribution in [0.5, 0.6) is 0 Å². The maximum atomic E-state index is 12.1. The Morgan fingerprint density at radius 2 is 1.89 bits per heavy atom. The van der Waals surface area contributed by atoms with Crippen LogP contribution in [0, 0.1) is 0 Å². The molecule has 2 fully saturated rings. The summed E-state index contributed by atoms with van der Waals surface area (Å²) in [5, 5.41) is 10.7. The molecular formula is C26H36N8O3S. The van der Waals surface area contributed by atoms with E-state index in [2.05, 4.69) is 30.8 Å². The molecule has 0 radical (unpaired) electrons. The topological polar surface area (TPSA) is 126 Å². The maximum absolute atomic E-state index is 12.1. The molecule has 12 heteroatoms. The SMILES string of the molecule is CC(C)(C)OC(=O)NC1CCC(Nc2nc(CN3CCOCC3)cc(Nc3nc4cccnc4s3)n2)CC1. The highest BCUT2D eigenvalue weighted by molar-refractivity contribution is 7.21. The average molecular weight is 541 g/mol. The molecule has 0 spiro atoms. The van der Waals surface area contributed by atoms with Crippen LogP contribution in [0.2, 0.25) is 0 Å². The van der Waals surface area contributed by atoms with Crippen molar-refractivity contribution in [3.8, 4) is 0 Å². The number of carbonyl (C=O) groups is 1. The van der Waals surface area contributed by atoms with Gasteiger partial charge in [-0.05, 0) is 58.6 Å². The van der Waals surface area contributed by atoms with Crippen LogP contribution in [0.4, 0.5) is 21.7 Å². The monoisotopic (exact) mass is 540 g/mol. The van der Waals surface area contributed by atoms with Crippen LogP contribution in [-0.2, 0) is 16.0 Å². The van der Waals surface area contributed by atoms with Crippen molar-refractivity contribution >= 4 is 44.7 Å². The van der Waals surface area contributed by atoms with Crippen molar-refractivity contribution in [3.63, 3.8) is 0 Å². The minimum Gasteiger partial charge on any atom is -0.444 e. The first-order chi connectivity index (χ1) is 18.3. The van der Waals surface area contributed by atoms with E-state index in [1.165, 1.54) is 11.3 Å². The lowest BCUT2D eigenvalue weighted by Gasteiger charge is -2.30. The first-order valence-corrected chi connectivity index (χ1v) is 14.0. The van der Waals surface area contributed by atoms with E-state index in [1.807, 2.05) is 39.0 Å². The fraction of sp³-hybridized carbons (Fsp3) is 0.577. The van der Waals surface area contributed by atoms with Crippen molar-refractivity contribution in [3.05, 3.63) is 30.1 Å². The van der Waals surface area contributed by atoms with Gasteiger partial charge in [0.2, 0.25) is 5.95 Å². The summed E-state index contributed by atoms with van der Waals surface area (Å²) in [6.07, 6.45) is 4.97. The van der Waals surface area contributed by atoms with Crippen molar-refractivity contribution in [1.82, 2.24) is 30.2 Å². The number of alkyl carbamates (subject to hydrolysis) is 1. The van der Waals surface area contributed by atoms with Crippen molar-refractivity contribution < 1.29 is 14.3 Å². The molecule has 0 bridgehead atoms. The number of ether oxygens (including phenoxy) is 2. The van der Waals surface area contributed by atoms with Gasteiger partial charge < -0.3 is 25.4 Å². The standard InChI is InChI=1S/C26H36N8O3S/c1-26(2,3)37-25(35)30-18-8-6-17(7-9-18)28-23-29-19(16-34-11-13-36-14-12-34)15-21(32-23)33-24-31-20-5-4-10-27-22(20)38-24/h4-5,10,15,17-18H,6-9,11-14,16H2,1-3H3,(H,30,35)(H2,28,29,31,32,33). The van der Waals surface area contributed by atoms with Gasteiger partial charge in [-0.15, -0.1) is 0 Å². The van der Waals surface area contributed by atoms with Crippen molar-refractivity contribution in [1.29, 1.82) is 0 Å². The number of hydrogen-bond acceptors (Lipinski definition) is 11. The molecule has 3 N–H and O–H groups in total. The third-order valence-electron chi connectivity index (χ3n) is 6.45.